The van der Waals surface area contributed by atoms with Crippen molar-refractivity contribution < 1.29 is 19.2 Å². The van der Waals surface area contributed by atoms with Crippen LogP contribution in [0, 0.1) is 6.92 Å². The van der Waals surface area contributed by atoms with E-state index < -0.39 is 11.9 Å². The number of nitrogens with zero attached hydrogens (tertiary/aromatic N) is 2. The molecule has 0 unspecified atom stereocenters. The smallest absolute Gasteiger partial charge is 0.323 e. The summed E-state index contributed by atoms with van der Waals surface area (Å²) in [7, 11) is 0. The van der Waals surface area contributed by atoms with E-state index >= 15 is 0 Å². The average Bonchev–Trinajstić information content (AvgIpc) is 2.62. The van der Waals surface area contributed by atoms with Gasteiger partial charge in [0.1, 0.15) is 6.54 Å². The molecule has 0 aromatic carbocycles. The molecule has 1 amide bonds. The normalized spacial score (nSPS) is 10.1. The van der Waals surface area contributed by atoms with Gasteiger partial charge in [-0.15, -0.1) is 0 Å². The molecular formula is C10H14N2O4. The lowest BCUT2D eigenvalue weighted by atomic mass is 10.3. The number of carbonyl (C=O) groups excluding carboxylic acids is 1. The average molecular weight is 226 g/mol. The number of carboxylic acid groups (broad SMARTS) is 1. The van der Waals surface area contributed by atoms with Crippen LogP contribution in [0.4, 0.5) is 0 Å². The number of aliphatic carboxylic acids is 1. The molecular weight excluding hydrogens is 212 g/mol. The SMILES string of the molecule is CCCN(CC(=O)O)C(=O)c1cc(C)no1. The van der Waals surface area contributed by atoms with Crippen LogP contribution in [0.25, 0.3) is 0 Å². The maximum absolute atomic E-state index is 11.8. The van der Waals surface area contributed by atoms with Crippen molar-refractivity contribution in [2.75, 3.05) is 13.1 Å². The lowest BCUT2D eigenvalue weighted by molar-refractivity contribution is -0.137. The molecule has 0 bridgehead atoms. The lowest BCUT2D eigenvalue weighted by Gasteiger charge is -2.17. The van der Waals surface area contributed by atoms with Crippen LogP contribution >= 0.6 is 0 Å². The number of carboxylic acids is 1. The minimum absolute atomic E-state index is 0.0761. The highest BCUT2D eigenvalue weighted by Gasteiger charge is 2.21. The van der Waals surface area contributed by atoms with Crippen molar-refractivity contribution in [3.8, 4) is 0 Å². The Morgan fingerprint density at radius 2 is 2.25 bits per heavy atom. The van der Waals surface area contributed by atoms with Crippen molar-refractivity contribution in [2.24, 2.45) is 0 Å². The van der Waals surface area contributed by atoms with Gasteiger partial charge in [-0.1, -0.05) is 12.1 Å². The highest BCUT2D eigenvalue weighted by atomic mass is 16.5. The van der Waals surface area contributed by atoms with E-state index in [1.54, 1.807) is 6.92 Å². The fraction of sp³-hybridized carbons (Fsp3) is 0.500. The Morgan fingerprint density at radius 1 is 1.56 bits per heavy atom. The molecule has 0 aliphatic heterocycles. The first-order chi connectivity index (χ1) is 7.54. The fourth-order valence-electron chi connectivity index (χ4n) is 1.31. The second-order valence-corrected chi connectivity index (χ2v) is 3.45. The highest BCUT2D eigenvalue weighted by Crippen LogP contribution is 2.07. The Labute approximate surface area is 92.8 Å². The van der Waals surface area contributed by atoms with E-state index in [4.69, 9.17) is 9.63 Å². The molecule has 88 valence electrons. The molecule has 1 aromatic rings. The van der Waals surface area contributed by atoms with Gasteiger partial charge in [0.25, 0.3) is 5.91 Å². The molecule has 0 saturated carbocycles. The van der Waals surface area contributed by atoms with Crippen LogP contribution in [-0.2, 0) is 4.79 Å². The largest absolute Gasteiger partial charge is 0.480 e. The van der Waals surface area contributed by atoms with E-state index in [0.29, 0.717) is 18.7 Å². The van der Waals surface area contributed by atoms with Gasteiger partial charge in [-0.2, -0.15) is 0 Å². The van der Waals surface area contributed by atoms with Crippen LogP contribution in [0.15, 0.2) is 10.6 Å². The zero-order valence-electron chi connectivity index (χ0n) is 9.27. The molecule has 6 nitrogen and oxygen atoms in total. The zero-order chi connectivity index (χ0) is 12.1. The third-order valence-corrected chi connectivity index (χ3v) is 1.95. The maximum atomic E-state index is 11.8. The van der Waals surface area contributed by atoms with E-state index in [-0.39, 0.29) is 12.3 Å². The van der Waals surface area contributed by atoms with Crippen LogP contribution in [0.5, 0.6) is 0 Å². The van der Waals surface area contributed by atoms with Gasteiger partial charge < -0.3 is 14.5 Å². The van der Waals surface area contributed by atoms with Crippen molar-refractivity contribution >= 4 is 11.9 Å². The second-order valence-electron chi connectivity index (χ2n) is 3.45. The minimum Gasteiger partial charge on any atom is -0.480 e. The molecule has 0 fully saturated rings. The maximum Gasteiger partial charge on any atom is 0.323 e. The van der Waals surface area contributed by atoms with Crippen molar-refractivity contribution in [1.82, 2.24) is 10.1 Å². The molecule has 0 aliphatic carbocycles. The summed E-state index contributed by atoms with van der Waals surface area (Å²) in [4.78, 5) is 23.6. The molecule has 1 heterocycles. The van der Waals surface area contributed by atoms with Gasteiger partial charge >= 0.3 is 5.97 Å². The lowest BCUT2D eigenvalue weighted by Crippen LogP contribution is -2.36. The Bertz CT molecular complexity index is 386. The second kappa shape index (κ2) is 5.29. The number of rotatable bonds is 5. The Hall–Kier alpha value is -1.85. The number of aryl methyl sites for hydroxylation is 1. The first-order valence-corrected chi connectivity index (χ1v) is 4.99. The molecule has 0 atom stereocenters. The zero-order valence-corrected chi connectivity index (χ0v) is 9.27. The molecule has 0 spiro atoms. The summed E-state index contributed by atoms with van der Waals surface area (Å²) in [6.45, 7) is 3.62. The quantitative estimate of drug-likeness (QED) is 0.807. The molecule has 0 radical (unpaired) electrons. The van der Waals surface area contributed by atoms with Gasteiger partial charge in [0, 0.05) is 12.6 Å². The fourth-order valence-corrected chi connectivity index (χ4v) is 1.31. The van der Waals surface area contributed by atoms with Gasteiger partial charge in [-0.25, -0.2) is 0 Å². The van der Waals surface area contributed by atoms with E-state index in [2.05, 4.69) is 5.16 Å². The van der Waals surface area contributed by atoms with E-state index in [1.165, 1.54) is 11.0 Å². The summed E-state index contributed by atoms with van der Waals surface area (Å²) in [5.41, 5.74) is 0.593. The van der Waals surface area contributed by atoms with Gasteiger partial charge in [0.05, 0.1) is 5.69 Å². The molecule has 1 N–H and O–H groups in total. The molecule has 1 rings (SSSR count). The predicted molar refractivity (Wildman–Crippen MR) is 55.1 cm³/mol. The van der Waals surface area contributed by atoms with Crippen LogP contribution in [0.3, 0.4) is 0 Å². The van der Waals surface area contributed by atoms with Crippen LogP contribution in [-0.4, -0.2) is 40.1 Å². The molecule has 1 aromatic heterocycles. The van der Waals surface area contributed by atoms with Crippen molar-refractivity contribution in [2.45, 2.75) is 20.3 Å². The van der Waals surface area contributed by atoms with Crippen LogP contribution in [0.2, 0.25) is 0 Å². The Morgan fingerprint density at radius 3 is 2.69 bits per heavy atom. The van der Waals surface area contributed by atoms with E-state index in [1.807, 2.05) is 6.92 Å². The first kappa shape index (κ1) is 12.2. The van der Waals surface area contributed by atoms with Gasteiger partial charge in [-0.05, 0) is 13.3 Å². The van der Waals surface area contributed by atoms with Gasteiger partial charge in [-0.3, -0.25) is 9.59 Å². The number of hydrogen-bond donors (Lipinski definition) is 1. The van der Waals surface area contributed by atoms with E-state index in [0.717, 1.165) is 0 Å². The number of hydrogen-bond acceptors (Lipinski definition) is 4. The molecule has 0 aliphatic rings. The summed E-state index contributed by atoms with van der Waals surface area (Å²) < 4.78 is 4.80. The molecule has 6 heteroatoms. The summed E-state index contributed by atoms with van der Waals surface area (Å²) in [5.74, 6) is -1.41. The molecule has 0 saturated heterocycles. The summed E-state index contributed by atoms with van der Waals surface area (Å²) in [6, 6.07) is 1.49. The van der Waals surface area contributed by atoms with Crippen molar-refractivity contribution in [1.29, 1.82) is 0 Å². The van der Waals surface area contributed by atoms with Crippen molar-refractivity contribution in [3.63, 3.8) is 0 Å². The summed E-state index contributed by atoms with van der Waals surface area (Å²) in [5, 5.41) is 12.3. The number of carbonyl (C=O) groups is 2. The third kappa shape index (κ3) is 3.08. The van der Waals surface area contributed by atoms with Crippen LogP contribution in [0.1, 0.15) is 29.6 Å². The molecule has 16 heavy (non-hydrogen) atoms. The minimum atomic E-state index is -1.04. The highest BCUT2D eigenvalue weighted by molar-refractivity contribution is 5.93. The topological polar surface area (TPSA) is 83.6 Å². The van der Waals surface area contributed by atoms with Crippen LogP contribution < -0.4 is 0 Å². The third-order valence-electron chi connectivity index (χ3n) is 1.95. The Balaban J connectivity index is 2.78. The van der Waals surface area contributed by atoms with E-state index in [9.17, 15) is 9.59 Å². The Kier molecular flexibility index (Phi) is 4.04. The first-order valence-electron chi connectivity index (χ1n) is 4.99. The summed E-state index contributed by atoms with van der Waals surface area (Å²) >= 11 is 0. The number of aromatic nitrogens is 1. The van der Waals surface area contributed by atoms with Gasteiger partial charge in [0.15, 0.2) is 0 Å². The van der Waals surface area contributed by atoms with Crippen molar-refractivity contribution in [3.05, 3.63) is 17.5 Å². The van der Waals surface area contributed by atoms with Gasteiger partial charge in [0.2, 0.25) is 5.76 Å². The monoisotopic (exact) mass is 226 g/mol. The predicted octanol–water partition coefficient (Wildman–Crippen LogP) is 0.920. The standard InChI is InChI=1S/C10H14N2O4/c1-3-4-12(6-9(13)14)10(15)8-5-7(2)11-16-8/h5H,3-4,6H2,1-2H3,(H,13,14). The number of amides is 1. The summed E-state index contributed by atoms with van der Waals surface area (Å²) in [6.07, 6.45) is 0.687.